The summed E-state index contributed by atoms with van der Waals surface area (Å²) in [5.41, 5.74) is 12.1. The minimum atomic E-state index is -0.581. The first-order chi connectivity index (χ1) is 9.56. The summed E-state index contributed by atoms with van der Waals surface area (Å²) in [6.07, 6.45) is 4.94. The van der Waals surface area contributed by atoms with Crippen LogP contribution in [0.15, 0.2) is 18.2 Å². The van der Waals surface area contributed by atoms with E-state index in [-0.39, 0.29) is 18.2 Å². The highest BCUT2D eigenvalue weighted by molar-refractivity contribution is 5.95. The third-order valence-corrected chi connectivity index (χ3v) is 2.38. The van der Waals surface area contributed by atoms with E-state index in [4.69, 9.17) is 22.6 Å². The van der Waals surface area contributed by atoms with E-state index in [0.29, 0.717) is 5.75 Å². The van der Waals surface area contributed by atoms with Gasteiger partial charge >= 0.3 is 0 Å². The zero-order valence-corrected chi connectivity index (χ0v) is 11.1. The lowest BCUT2D eigenvalue weighted by atomic mass is 10.0. The maximum absolute atomic E-state index is 11.4. The second-order valence-corrected chi connectivity index (χ2v) is 3.89. The van der Waals surface area contributed by atoms with E-state index in [1.165, 1.54) is 0 Å². The quantitative estimate of drug-likeness (QED) is 0.792. The van der Waals surface area contributed by atoms with Gasteiger partial charge in [0.05, 0.1) is 5.56 Å². The first kappa shape index (κ1) is 15.2. The van der Waals surface area contributed by atoms with Gasteiger partial charge in [-0.2, -0.15) is 0 Å². The first-order valence-corrected chi connectivity index (χ1v) is 5.82. The van der Waals surface area contributed by atoms with Crippen LogP contribution >= 0.6 is 0 Å². The van der Waals surface area contributed by atoms with Crippen LogP contribution in [0, 0.1) is 36.0 Å². The Balaban J connectivity index is 2.87. The van der Waals surface area contributed by atoms with Crippen molar-refractivity contribution in [1.82, 2.24) is 0 Å². The summed E-state index contributed by atoms with van der Waals surface area (Å²) in [6.45, 7) is 1.90. The van der Waals surface area contributed by atoms with Gasteiger partial charge in [-0.1, -0.05) is 6.07 Å². The van der Waals surface area contributed by atoms with Gasteiger partial charge in [-0.05, 0) is 54.2 Å². The van der Waals surface area contributed by atoms with Gasteiger partial charge in [-0.3, -0.25) is 4.79 Å². The number of primary amides is 1. The van der Waals surface area contributed by atoms with Crippen LogP contribution in [0.2, 0.25) is 0 Å². The number of amides is 1. The summed E-state index contributed by atoms with van der Waals surface area (Å²) >= 11 is 0. The molecule has 0 heterocycles. The molecule has 1 aromatic carbocycles. The molecule has 0 spiro atoms. The maximum Gasteiger partial charge on any atom is 0.252 e. The molecule has 0 aliphatic carbocycles. The number of hydrogen-bond acceptors (Lipinski definition) is 3. The molecule has 0 radical (unpaired) electrons. The van der Waals surface area contributed by atoms with Gasteiger partial charge < -0.3 is 16.2 Å². The molecule has 1 unspecified atom stereocenters. The van der Waals surface area contributed by atoms with Crippen LogP contribution in [-0.2, 0) is 0 Å². The van der Waals surface area contributed by atoms with E-state index in [0.717, 1.165) is 5.56 Å². The number of terminal acetylenes is 1. The minimum absolute atomic E-state index is 0.0804. The van der Waals surface area contributed by atoms with E-state index in [1.807, 2.05) is 6.92 Å². The van der Waals surface area contributed by atoms with Crippen molar-refractivity contribution in [2.75, 3.05) is 6.61 Å². The van der Waals surface area contributed by atoms with Crippen molar-refractivity contribution in [2.24, 2.45) is 11.5 Å². The fraction of sp³-hybridized carbons (Fsp3) is 0.188. The number of carbonyl (C=O) groups is 1. The highest BCUT2D eigenvalue weighted by Gasteiger charge is 2.11. The van der Waals surface area contributed by atoms with Gasteiger partial charge in [0, 0.05) is 6.04 Å². The Morgan fingerprint density at radius 3 is 2.75 bits per heavy atom. The molecule has 1 amide bonds. The molecule has 0 bridgehead atoms. The van der Waals surface area contributed by atoms with Crippen molar-refractivity contribution in [2.45, 2.75) is 13.0 Å². The van der Waals surface area contributed by atoms with Gasteiger partial charge in [0.15, 0.2) is 0 Å². The predicted octanol–water partition coefficient (Wildman–Crippen LogP) is 0.824. The van der Waals surface area contributed by atoms with Gasteiger partial charge in [0.1, 0.15) is 12.4 Å². The minimum Gasteiger partial charge on any atom is -0.480 e. The second-order valence-electron chi connectivity index (χ2n) is 3.89. The summed E-state index contributed by atoms with van der Waals surface area (Å²) < 4.78 is 5.38. The average molecular weight is 266 g/mol. The monoisotopic (exact) mass is 266 g/mol. The zero-order chi connectivity index (χ0) is 15.0. The Morgan fingerprint density at radius 1 is 1.40 bits per heavy atom. The SMILES string of the molecule is C#CC#CC#CCOc1ccc(C(C)N)cc1C(N)=O. The van der Waals surface area contributed by atoms with Crippen LogP contribution in [0.3, 0.4) is 0 Å². The molecule has 4 N–H and O–H groups in total. The van der Waals surface area contributed by atoms with E-state index in [9.17, 15) is 4.79 Å². The highest BCUT2D eigenvalue weighted by atomic mass is 16.5. The molecule has 4 heteroatoms. The zero-order valence-electron chi connectivity index (χ0n) is 11.1. The van der Waals surface area contributed by atoms with E-state index < -0.39 is 5.91 Å². The lowest BCUT2D eigenvalue weighted by molar-refractivity contribution is 0.0997. The Bertz CT molecular complexity index is 662. The molecule has 4 nitrogen and oxygen atoms in total. The average Bonchev–Trinajstić information content (AvgIpc) is 2.42. The molecule has 1 rings (SSSR count). The van der Waals surface area contributed by atoms with E-state index in [1.54, 1.807) is 18.2 Å². The van der Waals surface area contributed by atoms with Crippen molar-refractivity contribution in [3.63, 3.8) is 0 Å². The van der Waals surface area contributed by atoms with Crippen LogP contribution in [0.25, 0.3) is 0 Å². The molecule has 0 saturated heterocycles. The largest absolute Gasteiger partial charge is 0.480 e. The number of rotatable bonds is 4. The third-order valence-electron chi connectivity index (χ3n) is 2.38. The molecule has 0 aliphatic heterocycles. The van der Waals surface area contributed by atoms with Crippen LogP contribution in [-0.4, -0.2) is 12.5 Å². The fourth-order valence-corrected chi connectivity index (χ4v) is 1.41. The van der Waals surface area contributed by atoms with Gasteiger partial charge in [0.25, 0.3) is 5.91 Å². The molecular weight excluding hydrogens is 252 g/mol. The van der Waals surface area contributed by atoms with Crippen molar-refractivity contribution in [3.05, 3.63) is 29.3 Å². The van der Waals surface area contributed by atoms with E-state index >= 15 is 0 Å². The number of carbonyl (C=O) groups excluding carboxylic acids is 1. The van der Waals surface area contributed by atoms with Crippen molar-refractivity contribution in [1.29, 1.82) is 0 Å². The van der Waals surface area contributed by atoms with Gasteiger partial charge in [-0.25, -0.2) is 0 Å². The Morgan fingerprint density at radius 2 is 2.15 bits per heavy atom. The molecule has 0 fully saturated rings. The van der Waals surface area contributed by atoms with Crippen LogP contribution in [0.1, 0.15) is 28.9 Å². The second kappa shape index (κ2) is 7.54. The Kier molecular flexibility index (Phi) is 5.73. The fourth-order valence-electron chi connectivity index (χ4n) is 1.41. The number of ether oxygens (including phenoxy) is 1. The molecule has 20 heavy (non-hydrogen) atoms. The van der Waals surface area contributed by atoms with Crippen LogP contribution in [0.4, 0.5) is 0 Å². The van der Waals surface area contributed by atoms with Crippen molar-refractivity contribution < 1.29 is 9.53 Å². The Hall–Kier alpha value is -2.87. The summed E-state index contributed by atoms with van der Waals surface area (Å²) in [4.78, 5) is 11.4. The molecular formula is C16H14N2O2. The lowest BCUT2D eigenvalue weighted by Crippen LogP contribution is -2.15. The highest BCUT2D eigenvalue weighted by Crippen LogP contribution is 2.22. The number of benzene rings is 1. The summed E-state index contributed by atoms with van der Waals surface area (Å²) in [6, 6.07) is 4.85. The molecule has 1 aromatic rings. The topological polar surface area (TPSA) is 78.3 Å². The van der Waals surface area contributed by atoms with Crippen LogP contribution < -0.4 is 16.2 Å². The summed E-state index contributed by atoms with van der Waals surface area (Å²) in [5.74, 6) is 11.9. The molecule has 0 saturated carbocycles. The lowest BCUT2D eigenvalue weighted by Gasteiger charge is -2.11. The van der Waals surface area contributed by atoms with Gasteiger partial charge in [-0.15, -0.1) is 6.42 Å². The molecule has 0 aromatic heterocycles. The van der Waals surface area contributed by atoms with Crippen molar-refractivity contribution >= 4 is 5.91 Å². The Labute approximate surface area is 118 Å². The molecule has 0 aliphatic rings. The summed E-state index contributed by atoms with van der Waals surface area (Å²) in [5, 5.41) is 0. The standard InChI is InChI=1S/C16H14N2O2/c1-3-4-5-6-7-10-20-15-9-8-13(12(2)17)11-14(15)16(18)19/h1,8-9,11-12H,10,17H2,2H3,(H2,18,19). The molecule has 1 atom stereocenters. The van der Waals surface area contributed by atoms with Crippen molar-refractivity contribution in [3.8, 4) is 41.8 Å². The van der Waals surface area contributed by atoms with Gasteiger partial charge in [0.2, 0.25) is 0 Å². The maximum atomic E-state index is 11.4. The number of hydrogen-bond donors (Lipinski definition) is 2. The van der Waals surface area contributed by atoms with E-state index in [2.05, 4.69) is 29.6 Å². The normalized spacial score (nSPS) is 10.1. The predicted molar refractivity (Wildman–Crippen MR) is 77.4 cm³/mol. The smallest absolute Gasteiger partial charge is 0.252 e. The third kappa shape index (κ3) is 4.42. The first-order valence-electron chi connectivity index (χ1n) is 5.82. The van der Waals surface area contributed by atoms with Crippen LogP contribution in [0.5, 0.6) is 5.75 Å². The number of nitrogens with two attached hydrogens (primary N) is 2. The summed E-state index contributed by atoms with van der Waals surface area (Å²) in [7, 11) is 0. The molecule has 100 valence electrons.